The maximum absolute atomic E-state index is 10.8. The minimum atomic E-state index is -0.475. The SMILES string of the molecule is CN(C)C1(CNc2ccc([N+](=O)[O-])cc2C#N)CCCCCC1. The quantitative estimate of drug-likeness (QED) is 0.510. The Morgan fingerprint density at radius 2 is 1.96 bits per heavy atom. The van der Waals surface area contributed by atoms with Crippen LogP contribution in [0.3, 0.4) is 0 Å². The van der Waals surface area contributed by atoms with Gasteiger partial charge < -0.3 is 10.2 Å². The van der Waals surface area contributed by atoms with Crippen LogP contribution in [0.15, 0.2) is 18.2 Å². The average Bonchev–Trinajstić information content (AvgIpc) is 2.79. The molecule has 23 heavy (non-hydrogen) atoms. The zero-order chi connectivity index (χ0) is 16.9. The van der Waals surface area contributed by atoms with Crippen molar-refractivity contribution < 1.29 is 4.92 Å². The number of non-ortho nitro benzene ring substituents is 1. The van der Waals surface area contributed by atoms with Crippen LogP contribution in [0.25, 0.3) is 0 Å². The van der Waals surface area contributed by atoms with Gasteiger partial charge in [0.25, 0.3) is 5.69 Å². The number of hydrogen-bond donors (Lipinski definition) is 1. The van der Waals surface area contributed by atoms with Gasteiger partial charge in [-0.05, 0) is 33.0 Å². The van der Waals surface area contributed by atoms with Crippen molar-refractivity contribution in [2.75, 3.05) is 26.0 Å². The van der Waals surface area contributed by atoms with E-state index in [2.05, 4.69) is 30.4 Å². The van der Waals surface area contributed by atoms with E-state index in [9.17, 15) is 15.4 Å². The molecule has 1 saturated carbocycles. The van der Waals surface area contributed by atoms with Crippen LogP contribution >= 0.6 is 0 Å². The van der Waals surface area contributed by atoms with E-state index in [1.165, 1.54) is 37.8 Å². The van der Waals surface area contributed by atoms with Gasteiger partial charge in [-0.3, -0.25) is 10.1 Å². The molecule has 0 saturated heterocycles. The largest absolute Gasteiger partial charge is 0.382 e. The van der Waals surface area contributed by atoms with Crippen molar-refractivity contribution in [2.24, 2.45) is 0 Å². The maximum atomic E-state index is 10.8. The van der Waals surface area contributed by atoms with Gasteiger partial charge in [-0.1, -0.05) is 25.7 Å². The van der Waals surface area contributed by atoms with Gasteiger partial charge in [-0.25, -0.2) is 0 Å². The Morgan fingerprint density at radius 3 is 2.48 bits per heavy atom. The van der Waals surface area contributed by atoms with Gasteiger partial charge in [-0.2, -0.15) is 5.26 Å². The zero-order valence-corrected chi connectivity index (χ0v) is 13.8. The molecular weight excluding hydrogens is 292 g/mol. The standard InChI is InChI=1S/C17H24N4O2/c1-20(2)17(9-5-3-4-6-10-17)13-19-16-8-7-15(21(22)23)11-14(16)12-18/h7-8,11,19H,3-6,9-10,13H2,1-2H3. The molecule has 1 aromatic carbocycles. The second-order valence-corrected chi connectivity index (χ2v) is 6.49. The Hall–Kier alpha value is -2.13. The van der Waals surface area contributed by atoms with E-state index >= 15 is 0 Å². The van der Waals surface area contributed by atoms with Crippen LogP contribution in [0.4, 0.5) is 11.4 Å². The summed E-state index contributed by atoms with van der Waals surface area (Å²) in [5.74, 6) is 0. The molecule has 2 rings (SSSR count). The number of benzene rings is 1. The Morgan fingerprint density at radius 1 is 1.30 bits per heavy atom. The first-order chi connectivity index (χ1) is 11.0. The summed E-state index contributed by atoms with van der Waals surface area (Å²) in [4.78, 5) is 12.6. The number of anilines is 1. The van der Waals surface area contributed by atoms with Crippen molar-refractivity contribution in [1.29, 1.82) is 5.26 Å². The molecule has 0 amide bonds. The lowest BCUT2D eigenvalue weighted by Crippen LogP contribution is -2.49. The van der Waals surface area contributed by atoms with Crippen molar-refractivity contribution >= 4 is 11.4 Å². The lowest BCUT2D eigenvalue weighted by molar-refractivity contribution is -0.384. The molecule has 0 radical (unpaired) electrons. The molecule has 124 valence electrons. The molecule has 0 spiro atoms. The van der Waals surface area contributed by atoms with Gasteiger partial charge >= 0.3 is 0 Å². The molecule has 1 aliphatic carbocycles. The summed E-state index contributed by atoms with van der Waals surface area (Å²) in [7, 11) is 4.21. The van der Waals surface area contributed by atoms with Crippen LogP contribution in [0.5, 0.6) is 0 Å². The Kier molecular flexibility index (Phi) is 5.56. The highest BCUT2D eigenvalue weighted by Gasteiger charge is 2.33. The highest BCUT2D eigenvalue weighted by molar-refractivity contribution is 5.61. The van der Waals surface area contributed by atoms with E-state index in [4.69, 9.17) is 0 Å². The molecular formula is C17H24N4O2. The monoisotopic (exact) mass is 316 g/mol. The van der Waals surface area contributed by atoms with Gasteiger partial charge in [0.1, 0.15) is 6.07 Å². The number of likely N-dealkylation sites (N-methyl/N-ethyl adjacent to an activating group) is 1. The summed E-state index contributed by atoms with van der Waals surface area (Å²) in [5, 5.41) is 23.5. The number of nitriles is 1. The Bertz CT molecular complexity index is 599. The molecule has 0 aromatic heterocycles. The molecule has 1 aromatic rings. The van der Waals surface area contributed by atoms with Crippen LogP contribution in [-0.2, 0) is 0 Å². The van der Waals surface area contributed by atoms with Crippen molar-refractivity contribution in [2.45, 2.75) is 44.1 Å². The Labute approximate surface area is 137 Å². The van der Waals surface area contributed by atoms with Crippen LogP contribution < -0.4 is 5.32 Å². The number of nitrogens with one attached hydrogen (secondary N) is 1. The van der Waals surface area contributed by atoms with E-state index in [1.807, 2.05) is 0 Å². The highest BCUT2D eigenvalue weighted by atomic mass is 16.6. The third-order valence-corrected chi connectivity index (χ3v) is 4.93. The Balaban J connectivity index is 2.18. The van der Waals surface area contributed by atoms with Crippen LogP contribution in [-0.4, -0.2) is 36.0 Å². The molecule has 1 fully saturated rings. The molecule has 1 aliphatic rings. The highest BCUT2D eigenvalue weighted by Crippen LogP contribution is 2.32. The van der Waals surface area contributed by atoms with E-state index < -0.39 is 4.92 Å². The summed E-state index contributed by atoms with van der Waals surface area (Å²) in [6.07, 6.45) is 7.23. The van der Waals surface area contributed by atoms with Crippen LogP contribution in [0.2, 0.25) is 0 Å². The molecule has 0 aliphatic heterocycles. The lowest BCUT2D eigenvalue weighted by Gasteiger charge is -2.40. The summed E-state index contributed by atoms with van der Waals surface area (Å²) < 4.78 is 0. The second-order valence-electron chi connectivity index (χ2n) is 6.49. The third-order valence-electron chi connectivity index (χ3n) is 4.93. The normalized spacial score (nSPS) is 17.3. The summed E-state index contributed by atoms with van der Waals surface area (Å²) >= 11 is 0. The maximum Gasteiger partial charge on any atom is 0.270 e. The van der Waals surface area contributed by atoms with Crippen molar-refractivity contribution in [1.82, 2.24) is 4.90 Å². The zero-order valence-electron chi connectivity index (χ0n) is 13.8. The number of nitrogens with zero attached hydrogens (tertiary/aromatic N) is 3. The number of nitro groups is 1. The van der Waals surface area contributed by atoms with Gasteiger partial charge in [0.2, 0.25) is 0 Å². The number of nitro benzene ring substituents is 1. The van der Waals surface area contributed by atoms with E-state index in [0.29, 0.717) is 11.3 Å². The molecule has 6 heteroatoms. The molecule has 0 unspecified atom stereocenters. The summed E-state index contributed by atoms with van der Waals surface area (Å²) in [6.45, 7) is 0.743. The first-order valence-corrected chi connectivity index (χ1v) is 8.08. The molecule has 0 heterocycles. The van der Waals surface area contributed by atoms with Crippen molar-refractivity contribution in [3.05, 3.63) is 33.9 Å². The predicted molar refractivity (Wildman–Crippen MR) is 90.4 cm³/mol. The minimum absolute atomic E-state index is 0.0520. The molecule has 6 nitrogen and oxygen atoms in total. The fourth-order valence-corrected chi connectivity index (χ4v) is 3.32. The summed E-state index contributed by atoms with van der Waals surface area (Å²) in [5.41, 5.74) is 1.01. The molecule has 1 N–H and O–H groups in total. The van der Waals surface area contributed by atoms with E-state index in [0.717, 1.165) is 19.4 Å². The van der Waals surface area contributed by atoms with Crippen molar-refractivity contribution in [3.63, 3.8) is 0 Å². The van der Waals surface area contributed by atoms with Gasteiger partial charge in [0.15, 0.2) is 0 Å². The average molecular weight is 316 g/mol. The van der Waals surface area contributed by atoms with Gasteiger partial charge in [0, 0.05) is 24.2 Å². The fourth-order valence-electron chi connectivity index (χ4n) is 3.32. The number of hydrogen-bond acceptors (Lipinski definition) is 5. The predicted octanol–water partition coefficient (Wildman–Crippen LogP) is 3.53. The van der Waals surface area contributed by atoms with E-state index in [-0.39, 0.29) is 11.2 Å². The second kappa shape index (κ2) is 7.42. The topological polar surface area (TPSA) is 82.2 Å². The van der Waals surface area contributed by atoms with Gasteiger partial charge in [0.05, 0.1) is 16.2 Å². The lowest BCUT2D eigenvalue weighted by atomic mass is 9.88. The molecule has 0 bridgehead atoms. The fraction of sp³-hybridized carbons (Fsp3) is 0.588. The molecule has 0 atom stereocenters. The van der Waals surface area contributed by atoms with E-state index in [1.54, 1.807) is 6.07 Å². The number of rotatable bonds is 5. The summed E-state index contributed by atoms with van der Waals surface area (Å²) in [6, 6.07) is 6.46. The first kappa shape index (κ1) is 17.2. The smallest absolute Gasteiger partial charge is 0.270 e. The van der Waals surface area contributed by atoms with Crippen LogP contribution in [0, 0.1) is 21.4 Å². The van der Waals surface area contributed by atoms with Crippen LogP contribution in [0.1, 0.15) is 44.1 Å². The minimum Gasteiger partial charge on any atom is -0.382 e. The first-order valence-electron chi connectivity index (χ1n) is 8.08. The van der Waals surface area contributed by atoms with Gasteiger partial charge in [-0.15, -0.1) is 0 Å². The third kappa shape index (κ3) is 3.99. The van der Waals surface area contributed by atoms with Crippen molar-refractivity contribution in [3.8, 4) is 6.07 Å².